The summed E-state index contributed by atoms with van der Waals surface area (Å²) in [5, 5.41) is 5.90. The third-order valence-corrected chi connectivity index (χ3v) is 13.0. The van der Waals surface area contributed by atoms with Gasteiger partial charge in [-0.2, -0.15) is 0 Å². The minimum absolute atomic E-state index is 0.656. The summed E-state index contributed by atoms with van der Waals surface area (Å²) in [5.41, 5.74) is 8.91. The Bertz CT molecular complexity index is 1090. The lowest BCUT2D eigenvalue weighted by molar-refractivity contribution is 0.362. The van der Waals surface area contributed by atoms with Crippen LogP contribution in [-0.2, 0) is 48.0 Å². The van der Waals surface area contributed by atoms with Crippen molar-refractivity contribution in [1.29, 1.82) is 0 Å². The van der Waals surface area contributed by atoms with E-state index in [9.17, 15) is 0 Å². The first-order valence-electron chi connectivity index (χ1n) is 15.6. The van der Waals surface area contributed by atoms with Gasteiger partial charge in [0.15, 0.2) is 0 Å². The van der Waals surface area contributed by atoms with Crippen molar-refractivity contribution in [3.05, 3.63) is 50.1 Å². The quantitative estimate of drug-likeness (QED) is 0.116. The molecule has 0 spiro atoms. The fourth-order valence-corrected chi connectivity index (χ4v) is 10.5. The molecule has 0 saturated heterocycles. The molecule has 3 aromatic carbocycles. The highest BCUT2D eigenvalue weighted by Gasteiger charge is 2.27. The van der Waals surface area contributed by atoms with E-state index < -0.39 is 0 Å². The highest BCUT2D eigenvalue weighted by Crippen LogP contribution is 2.48. The van der Waals surface area contributed by atoms with Crippen LogP contribution in [0.4, 0.5) is 0 Å². The molecule has 54 heavy (non-hydrogen) atoms. The van der Waals surface area contributed by atoms with Crippen LogP contribution in [0.2, 0.25) is 0 Å². The third kappa shape index (κ3) is 11.7. The molecule has 0 atom stereocenters. The Labute approximate surface area is 395 Å². The van der Waals surface area contributed by atoms with Crippen molar-refractivity contribution in [2.24, 2.45) is 0 Å². The first kappa shape index (κ1) is 52.2. The van der Waals surface area contributed by atoms with Gasteiger partial charge in [0.05, 0.1) is 64.0 Å². The van der Waals surface area contributed by atoms with Gasteiger partial charge in [-0.3, -0.25) is 0 Å². The highest BCUT2D eigenvalue weighted by atomic mass is 79.9. The van der Waals surface area contributed by atoms with Crippen molar-refractivity contribution < 1.29 is 42.6 Å². The molecular weight excluding hydrogens is 1300 g/mol. The van der Waals surface area contributed by atoms with Gasteiger partial charge in [-0.25, -0.2) is 0 Å². The number of hydrogen-bond donors (Lipinski definition) is 0. The van der Waals surface area contributed by atoms with Crippen molar-refractivity contribution in [2.75, 3.05) is 64.0 Å². The van der Waals surface area contributed by atoms with Crippen LogP contribution in [0.25, 0.3) is 0 Å². The number of methoxy groups -OCH3 is 9. The van der Waals surface area contributed by atoms with Gasteiger partial charge < -0.3 is 42.6 Å². The standard InChI is InChI=1S/3C12H15Br3O3/c3*1-16-10-7(4-13)11(17-2)9(6-15)12(18-3)8(10)5-14/h3*4-6H2,1-3H3. The smallest absolute Gasteiger partial charge is 0.134 e. The fourth-order valence-electron chi connectivity index (χ4n) is 5.88. The number of rotatable bonds is 18. The van der Waals surface area contributed by atoms with Crippen LogP contribution in [0.3, 0.4) is 0 Å². The summed E-state index contributed by atoms with van der Waals surface area (Å²) in [7, 11) is 14.9. The second-order valence-electron chi connectivity index (χ2n) is 10.3. The molecule has 0 aromatic heterocycles. The van der Waals surface area contributed by atoms with E-state index in [0.717, 1.165) is 102 Å². The van der Waals surface area contributed by atoms with E-state index in [4.69, 9.17) is 42.6 Å². The third-order valence-electron chi connectivity index (χ3n) is 7.97. The Balaban J connectivity index is 0.000000405. The lowest BCUT2D eigenvalue weighted by Gasteiger charge is -2.21. The molecule has 306 valence electrons. The molecule has 9 nitrogen and oxygen atoms in total. The van der Waals surface area contributed by atoms with Gasteiger partial charge in [-0.15, -0.1) is 0 Å². The van der Waals surface area contributed by atoms with Crippen molar-refractivity contribution in [2.45, 2.75) is 48.0 Å². The number of alkyl halides is 9. The molecule has 3 rings (SSSR count). The normalized spacial score (nSPS) is 10.3. The predicted octanol–water partition coefficient (Wildman–Crippen LogP) is 13.2. The van der Waals surface area contributed by atoms with Crippen LogP contribution < -0.4 is 42.6 Å². The lowest BCUT2D eigenvalue weighted by Crippen LogP contribution is -2.05. The summed E-state index contributed by atoms with van der Waals surface area (Å²) in [6.45, 7) is 0. The minimum atomic E-state index is 0.656. The van der Waals surface area contributed by atoms with Gasteiger partial charge in [0.1, 0.15) is 51.7 Å². The zero-order valence-electron chi connectivity index (χ0n) is 31.4. The largest absolute Gasteiger partial charge is 0.496 e. The van der Waals surface area contributed by atoms with E-state index in [1.54, 1.807) is 64.0 Å². The molecule has 0 aliphatic carbocycles. The van der Waals surface area contributed by atoms with Gasteiger partial charge in [0.2, 0.25) is 0 Å². The first-order chi connectivity index (χ1) is 26.1. The van der Waals surface area contributed by atoms with Gasteiger partial charge in [-0.05, 0) is 0 Å². The Kier molecular flexibility index (Phi) is 26.9. The molecule has 0 N–H and O–H groups in total. The van der Waals surface area contributed by atoms with Crippen molar-refractivity contribution in [3.63, 3.8) is 0 Å². The maximum Gasteiger partial charge on any atom is 0.134 e. The second kappa shape index (κ2) is 27.8. The Hall–Kier alpha value is 0.180. The predicted molar refractivity (Wildman–Crippen MR) is 252 cm³/mol. The van der Waals surface area contributed by atoms with Crippen LogP contribution in [0.15, 0.2) is 0 Å². The molecule has 0 saturated carbocycles. The molecule has 0 amide bonds. The van der Waals surface area contributed by atoms with Crippen LogP contribution >= 0.6 is 143 Å². The van der Waals surface area contributed by atoms with E-state index in [1.807, 2.05) is 0 Å². The summed E-state index contributed by atoms with van der Waals surface area (Å²) < 4.78 is 49.6. The second-order valence-corrected chi connectivity index (χ2v) is 15.4. The summed E-state index contributed by atoms with van der Waals surface area (Å²) in [6.07, 6.45) is 0. The summed E-state index contributed by atoms with van der Waals surface area (Å²) in [4.78, 5) is 0. The molecule has 0 heterocycles. The zero-order valence-corrected chi connectivity index (χ0v) is 45.7. The van der Waals surface area contributed by atoms with Crippen LogP contribution in [0, 0.1) is 0 Å². The van der Waals surface area contributed by atoms with Crippen LogP contribution in [0.5, 0.6) is 51.7 Å². The number of benzene rings is 3. The molecule has 0 fully saturated rings. The minimum Gasteiger partial charge on any atom is -0.496 e. The van der Waals surface area contributed by atoms with Crippen molar-refractivity contribution in [3.8, 4) is 51.7 Å². The zero-order chi connectivity index (χ0) is 41.1. The Morgan fingerprint density at radius 2 is 0.278 bits per heavy atom. The molecule has 0 unspecified atom stereocenters. The summed E-state index contributed by atoms with van der Waals surface area (Å²) in [6, 6.07) is 0. The molecule has 18 heteroatoms. The average molecular weight is 1340 g/mol. The number of hydrogen-bond acceptors (Lipinski definition) is 9. The summed E-state index contributed by atoms with van der Waals surface area (Å²) in [5.74, 6) is 7.14. The highest BCUT2D eigenvalue weighted by molar-refractivity contribution is 9.09. The Morgan fingerprint density at radius 1 is 0.204 bits per heavy atom. The maximum atomic E-state index is 5.51. The molecule has 0 radical (unpaired) electrons. The van der Waals surface area contributed by atoms with E-state index >= 15 is 0 Å². The van der Waals surface area contributed by atoms with E-state index in [0.29, 0.717) is 48.0 Å². The van der Waals surface area contributed by atoms with Crippen molar-refractivity contribution >= 4 is 143 Å². The molecule has 0 bridgehead atoms. The topological polar surface area (TPSA) is 83.1 Å². The van der Waals surface area contributed by atoms with E-state index in [2.05, 4.69) is 143 Å². The molecular formula is C36H45Br9O9. The van der Waals surface area contributed by atoms with Crippen LogP contribution in [-0.4, -0.2) is 64.0 Å². The number of ether oxygens (including phenoxy) is 9. The van der Waals surface area contributed by atoms with E-state index in [-0.39, 0.29) is 0 Å². The molecule has 0 aliphatic rings. The lowest BCUT2D eigenvalue weighted by atomic mass is 10.0. The molecule has 0 aliphatic heterocycles. The average Bonchev–Trinajstić information content (AvgIpc) is 3.22. The SMILES string of the molecule is COc1c(CBr)c(OC)c(CBr)c(OC)c1CBr.COc1c(CBr)c(OC)c(CBr)c(OC)c1CBr.COc1c(CBr)c(OC)c(CBr)c(OC)c1CBr. The van der Waals surface area contributed by atoms with Gasteiger partial charge >= 0.3 is 0 Å². The van der Waals surface area contributed by atoms with Gasteiger partial charge in [0.25, 0.3) is 0 Å². The number of halogens is 9. The van der Waals surface area contributed by atoms with E-state index in [1.165, 1.54) is 0 Å². The monoisotopic (exact) mass is 1330 g/mol. The van der Waals surface area contributed by atoms with Crippen molar-refractivity contribution in [1.82, 2.24) is 0 Å². The summed E-state index contributed by atoms with van der Waals surface area (Å²) >= 11 is 31.3. The van der Waals surface area contributed by atoms with Gasteiger partial charge in [-0.1, -0.05) is 143 Å². The van der Waals surface area contributed by atoms with Crippen LogP contribution in [0.1, 0.15) is 50.1 Å². The Morgan fingerprint density at radius 3 is 0.315 bits per heavy atom. The fraction of sp³-hybridized carbons (Fsp3) is 0.500. The maximum absolute atomic E-state index is 5.51. The first-order valence-corrected chi connectivity index (χ1v) is 25.7. The molecule has 3 aromatic rings. The van der Waals surface area contributed by atoms with Gasteiger partial charge in [0, 0.05) is 98.0 Å².